The predicted octanol–water partition coefficient (Wildman–Crippen LogP) is 2.40. The van der Waals surface area contributed by atoms with Crippen LogP contribution in [0.4, 0.5) is 4.39 Å². The second-order valence-electron chi connectivity index (χ2n) is 3.41. The van der Waals surface area contributed by atoms with Gasteiger partial charge in [0, 0.05) is 6.92 Å². The second-order valence-corrected chi connectivity index (χ2v) is 3.41. The van der Waals surface area contributed by atoms with Crippen molar-refractivity contribution < 1.29 is 13.5 Å². The van der Waals surface area contributed by atoms with E-state index in [-0.39, 0.29) is 12.4 Å². The summed E-state index contributed by atoms with van der Waals surface area (Å²) in [7, 11) is 0. The fourth-order valence-electron chi connectivity index (χ4n) is 1.31. The molecule has 0 atom stereocenters. The Hall–Kier alpha value is -1.91. The number of hydrogen-bond acceptors (Lipinski definition) is 4. The smallest absolute Gasteiger partial charge is 0.253 e. The average Bonchev–Trinajstić information content (AvgIpc) is 2.63. The second kappa shape index (κ2) is 4.30. The number of aryl methyl sites for hydroxylation is 2. The third kappa shape index (κ3) is 2.36. The van der Waals surface area contributed by atoms with Crippen LogP contribution in [0.2, 0.25) is 0 Å². The molecule has 0 spiro atoms. The van der Waals surface area contributed by atoms with Crippen molar-refractivity contribution in [2.75, 3.05) is 0 Å². The molecule has 4 nitrogen and oxygen atoms in total. The maximum absolute atomic E-state index is 12.8. The molecule has 1 aromatic heterocycles. The zero-order valence-corrected chi connectivity index (χ0v) is 9.03. The molecule has 1 aromatic carbocycles. The van der Waals surface area contributed by atoms with E-state index in [0.717, 1.165) is 5.56 Å². The lowest BCUT2D eigenvalue weighted by atomic mass is 10.2. The molecule has 0 aliphatic carbocycles. The van der Waals surface area contributed by atoms with Crippen LogP contribution in [-0.2, 0) is 6.61 Å². The Morgan fingerprint density at radius 2 is 2.12 bits per heavy atom. The van der Waals surface area contributed by atoms with E-state index in [9.17, 15) is 4.39 Å². The van der Waals surface area contributed by atoms with Gasteiger partial charge < -0.3 is 9.15 Å². The lowest BCUT2D eigenvalue weighted by molar-refractivity contribution is 0.258. The molecule has 1 heterocycles. The third-order valence-electron chi connectivity index (χ3n) is 2.06. The molecule has 84 valence electrons. The lowest BCUT2D eigenvalue weighted by Gasteiger charge is -2.06. The number of nitrogens with zero attached hydrogens (tertiary/aromatic N) is 2. The highest BCUT2D eigenvalue weighted by Gasteiger charge is 2.05. The summed E-state index contributed by atoms with van der Waals surface area (Å²) < 4.78 is 23.4. The Kier molecular flexibility index (Phi) is 2.85. The molecule has 0 aliphatic rings. The molecule has 0 radical (unpaired) electrons. The Morgan fingerprint density at radius 1 is 1.31 bits per heavy atom. The molecule has 0 amide bonds. The minimum Gasteiger partial charge on any atom is -0.484 e. The van der Waals surface area contributed by atoms with Gasteiger partial charge in [-0.1, -0.05) is 0 Å². The van der Waals surface area contributed by atoms with Crippen LogP contribution in [0.15, 0.2) is 22.6 Å². The Bertz CT molecular complexity index is 496. The van der Waals surface area contributed by atoms with Gasteiger partial charge in [0.05, 0.1) is 0 Å². The summed E-state index contributed by atoms with van der Waals surface area (Å²) in [6.45, 7) is 3.67. The SMILES string of the molecule is Cc1nnc(COc2ccc(F)cc2C)o1. The molecule has 0 saturated heterocycles. The molecular weight excluding hydrogens is 211 g/mol. The Labute approximate surface area is 92.1 Å². The molecule has 0 aliphatic heterocycles. The predicted molar refractivity (Wildman–Crippen MR) is 54.5 cm³/mol. The summed E-state index contributed by atoms with van der Waals surface area (Å²) in [5, 5.41) is 7.47. The summed E-state index contributed by atoms with van der Waals surface area (Å²) in [6.07, 6.45) is 0. The van der Waals surface area contributed by atoms with Crippen LogP contribution in [0.3, 0.4) is 0 Å². The molecular formula is C11H11FN2O2. The van der Waals surface area contributed by atoms with Gasteiger partial charge >= 0.3 is 0 Å². The van der Waals surface area contributed by atoms with Crippen LogP contribution in [0.25, 0.3) is 0 Å². The van der Waals surface area contributed by atoms with Crippen molar-refractivity contribution in [3.05, 3.63) is 41.4 Å². The van der Waals surface area contributed by atoms with E-state index >= 15 is 0 Å². The first kappa shape index (κ1) is 10.6. The van der Waals surface area contributed by atoms with Crippen molar-refractivity contribution in [3.63, 3.8) is 0 Å². The monoisotopic (exact) mass is 222 g/mol. The van der Waals surface area contributed by atoms with Gasteiger partial charge in [0.1, 0.15) is 11.6 Å². The van der Waals surface area contributed by atoms with Crippen molar-refractivity contribution in [3.8, 4) is 5.75 Å². The molecule has 0 unspecified atom stereocenters. The fourth-order valence-corrected chi connectivity index (χ4v) is 1.31. The molecule has 5 heteroatoms. The van der Waals surface area contributed by atoms with Crippen LogP contribution >= 0.6 is 0 Å². The van der Waals surface area contributed by atoms with Gasteiger partial charge in [-0.25, -0.2) is 4.39 Å². The molecule has 2 rings (SSSR count). The van der Waals surface area contributed by atoms with Crippen LogP contribution < -0.4 is 4.74 Å². The van der Waals surface area contributed by atoms with Crippen molar-refractivity contribution in [1.82, 2.24) is 10.2 Å². The highest BCUT2D eigenvalue weighted by Crippen LogP contribution is 2.19. The quantitative estimate of drug-likeness (QED) is 0.800. The van der Waals surface area contributed by atoms with Gasteiger partial charge in [0.2, 0.25) is 5.89 Å². The average molecular weight is 222 g/mol. The van der Waals surface area contributed by atoms with Gasteiger partial charge in [-0.2, -0.15) is 0 Å². The zero-order chi connectivity index (χ0) is 11.5. The summed E-state index contributed by atoms with van der Waals surface area (Å²) in [6, 6.07) is 4.34. The first-order valence-electron chi connectivity index (χ1n) is 4.83. The van der Waals surface area contributed by atoms with E-state index < -0.39 is 0 Å². The van der Waals surface area contributed by atoms with E-state index in [4.69, 9.17) is 9.15 Å². The van der Waals surface area contributed by atoms with Crippen molar-refractivity contribution in [2.45, 2.75) is 20.5 Å². The number of aromatic nitrogens is 2. The molecule has 0 fully saturated rings. The number of benzene rings is 1. The fraction of sp³-hybridized carbons (Fsp3) is 0.273. The highest BCUT2D eigenvalue weighted by atomic mass is 19.1. The van der Waals surface area contributed by atoms with E-state index in [1.54, 1.807) is 19.9 Å². The Balaban J connectivity index is 2.04. The minimum absolute atomic E-state index is 0.188. The standard InChI is InChI=1S/C11H11FN2O2/c1-7-5-9(12)3-4-10(7)15-6-11-14-13-8(2)16-11/h3-5H,6H2,1-2H3. The van der Waals surface area contributed by atoms with Crippen LogP contribution in [0, 0.1) is 19.7 Å². The van der Waals surface area contributed by atoms with E-state index in [1.165, 1.54) is 12.1 Å². The maximum atomic E-state index is 12.8. The molecule has 16 heavy (non-hydrogen) atoms. The molecule has 0 saturated carbocycles. The van der Waals surface area contributed by atoms with Crippen LogP contribution in [-0.4, -0.2) is 10.2 Å². The highest BCUT2D eigenvalue weighted by molar-refractivity contribution is 5.32. The van der Waals surface area contributed by atoms with Crippen LogP contribution in [0.5, 0.6) is 5.75 Å². The van der Waals surface area contributed by atoms with Gasteiger partial charge in [0.25, 0.3) is 5.89 Å². The minimum atomic E-state index is -0.279. The van der Waals surface area contributed by atoms with Crippen molar-refractivity contribution >= 4 is 0 Å². The summed E-state index contributed by atoms with van der Waals surface area (Å²) in [5.74, 6) is 1.23. The first-order chi connectivity index (χ1) is 7.65. The van der Waals surface area contributed by atoms with Crippen molar-refractivity contribution in [1.29, 1.82) is 0 Å². The Morgan fingerprint density at radius 3 is 2.75 bits per heavy atom. The zero-order valence-electron chi connectivity index (χ0n) is 9.03. The van der Waals surface area contributed by atoms with Gasteiger partial charge in [-0.05, 0) is 30.7 Å². The first-order valence-corrected chi connectivity index (χ1v) is 4.83. The number of halogens is 1. The summed E-state index contributed by atoms with van der Waals surface area (Å²) in [5.41, 5.74) is 0.733. The molecule has 0 bridgehead atoms. The van der Waals surface area contributed by atoms with Gasteiger partial charge in [0.15, 0.2) is 6.61 Å². The number of hydrogen-bond donors (Lipinski definition) is 0. The van der Waals surface area contributed by atoms with Crippen LogP contribution in [0.1, 0.15) is 17.3 Å². The lowest BCUT2D eigenvalue weighted by Crippen LogP contribution is -1.97. The molecule has 0 N–H and O–H groups in total. The normalized spacial score (nSPS) is 10.4. The van der Waals surface area contributed by atoms with E-state index in [2.05, 4.69) is 10.2 Å². The third-order valence-corrected chi connectivity index (χ3v) is 2.06. The largest absolute Gasteiger partial charge is 0.484 e. The topological polar surface area (TPSA) is 48.2 Å². The van der Waals surface area contributed by atoms with Crippen molar-refractivity contribution in [2.24, 2.45) is 0 Å². The number of ether oxygens (including phenoxy) is 1. The summed E-state index contributed by atoms with van der Waals surface area (Å²) in [4.78, 5) is 0. The molecule has 2 aromatic rings. The van der Waals surface area contributed by atoms with Gasteiger partial charge in [-0.3, -0.25) is 0 Å². The number of rotatable bonds is 3. The van der Waals surface area contributed by atoms with Gasteiger partial charge in [-0.15, -0.1) is 10.2 Å². The summed E-state index contributed by atoms with van der Waals surface area (Å²) >= 11 is 0. The van der Waals surface area contributed by atoms with E-state index in [1.807, 2.05) is 0 Å². The van der Waals surface area contributed by atoms with E-state index in [0.29, 0.717) is 17.5 Å². The maximum Gasteiger partial charge on any atom is 0.253 e.